The molecule has 4 fully saturated rings. The van der Waals surface area contributed by atoms with Crippen LogP contribution < -0.4 is 0 Å². The lowest BCUT2D eigenvalue weighted by Gasteiger charge is -2.59. The molecule has 1 spiro atoms. The van der Waals surface area contributed by atoms with Gasteiger partial charge in [0.1, 0.15) is 0 Å². The molecule has 3 saturated carbocycles. The highest BCUT2D eigenvalue weighted by Gasteiger charge is 2.66. The molecule has 1 heterocycles. The summed E-state index contributed by atoms with van der Waals surface area (Å²) in [6.07, 6.45) is 13.1. The molecule has 1 aliphatic heterocycles. The largest absolute Gasteiger partial charge is 0.414 e. The first-order valence-corrected chi connectivity index (χ1v) is 16.0. The van der Waals surface area contributed by atoms with Crippen molar-refractivity contribution in [3.05, 3.63) is 11.6 Å². The molecule has 6 atom stereocenters. The summed E-state index contributed by atoms with van der Waals surface area (Å²) in [6, 6.07) is 0. The van der Waals surface area contributed by atoms with E-state index in [1.54, 1.807) is 5.57 Å². The predicted octanol–water partition coefficient (Wildman–Crippen LogP) is 7.08. The highest BCUT2D eigenvalue weighted by atomic mass is 28.4. The topological polar surface area (TPSA) is 27.7 Å². The summed E-state index contributed by atoms with van der Waals surface area (Å²) in [5.41, 5.74) is 2.31. The van der Waals surface area contributed by atoms with Gasteiger partial charge in [-0.25, -0.2) is 0 Å². The van der Waals surface area contributed by atoms with Crippen LogP contribution in [0.3, 0.4) is 0 Å². The zero-order valence-electron chi connectivity index (χ0n) is 21.2. The fourth-order valence-electron chi connectivity index (χ4n) is 8.21. The normalized spacial score (nSPS) is 44.5. The van der Waals surface area contributed by atoms with Crippen molar-refractivity contribution >= 4 is 8.32 Å². The lowest BCUT2D eigenvalue weighted by atomic mass is 9.47. The quantitative estimate of drug-likeness (QED) is 0.335. The van der Waals surface area contributed by atoms with Gasteiger partial charge in [-0.1, -0.05) is 46.3 Å². The molecule has 31 heavy (non-hydrogen) atoms. The monoisotopic (exact) mass is 446 g/mol. The zero-order chi connectivity index (χ0) is 22.3. The highest BCUT2D eigenvalue weighted by molar-refractivity contribution is 6.74. The van der Waals surface area contributed by atoms with Crippen LogP contribution in [0.15, 0.2) is 11.6 Å². The second kappa shape index (κ2) is 7.17. The van der Waals surface area contributed by atoms with Crippen molar-refractivity contribution in [2.75, 3.05) is 13.2 Å². The van der Waals surface area contributed by atoms with Crippen molar-refractivity contribution in [1.82, 2.24) is 0 Å². The van der Waals surface area contributed by atoms with E-state index in [1.165, 1.54) is 44.9 Å². The summed E-state index contributed by atoms with van der Waals surface area (Å²) in [5.74, 6) is 2.11. The summed E-state index contributed by atoms with van der Waals surface area (Å²) in [6.45, 7) is 18.6. The third kappa shape index (κ3) is 3.21. The summed E-state index contributed by atoms with van der Waals surface area (Å²) < 4.78 is 19.5. The van der Waals surface area contributed by atoms with Gasteiger partial charge >= 0.3 is 0 Å². The van der Waals surface area contributed by atoms with Crippen molar-refractivity contribution in [3.8, 4) is 0 Å². The predicted molar refractivity (Wildman–Crippen MR) is 128 cm³/mol. The molecule has 0 radical (unpaired) electrons. The first kappa shape index (κ1) is 22.6. The average Bonchev–Trinajstić information content (AvgIpc) is 3.27. The van der Waals surface area contributed by atoms with Gasteiger partial charge < -0.3 is 13.9 Å². The van der Waals surface area contributed by atoms with Crippen LogP contribution in [0.25, 0.3) is 0 Å². The van der Waals surface area contributed by atoms with Gasteiger partial charge in [0.05, 0.1) is 13.2 Å². The van der Waals surface area contributed by atoms with Gasteiger partial charge in [-0.15, -0.1) is 0 Å². The molecule has 4 aliphatic carbocycles. The number of hydrogen-bond donors (Lipinski definition) is 0. The van der Waals surface area contributed by atoms with Crippen molar-refractivity contribution in [2.45, 2.75) is 116 Å². The Hall–Kier alpha value is -0.163. The Morgan fingerprint density at radius 1 is 0.968 bits per heavy atom. The number of ether oxygens (including phenoxy) is 2. The molecule has 0 N–H and O–H groups in total. The molecule has 1 saturated heterocycles. The Bertz CT molecular complexity index is 746. The smallest absolute Gasteiger partial charge is 0.192 e. The van der Waals surface area contributed by atoms with Gasteiger partial charge in [-0.05, 0) is 86.2 Å². The summed E-state index contributed by atoms with van der Waals surface area (Å²) >= 11 is 0. The summed E-state index contributed by atoms with van der Waals surface area (Å²) in [4.78, 5) is 0. The Kier molecular flexibility index (Phi) is 5.23. The van der Waals surface area contributed by atoms with E-state index in [9.17, 15) is 0 Å². The summed E-state index contributed by atoms with van der Waals surface area (Å²) in [5, 5.41) is 0.288. The van der Waals surface area contributed by atoms with E-state index in [0.717, 1.165) is 37.4 Å². The van der Waals surface area contributed by atoms with Crippen molar-refractivity contribution < 1.29 is 13.9 Å². The van der Waals surface area contributed by atoms with E-state index in [4.69, 9.17) is 13.9 Å². The highest BCUT2D eigenvalue weighted by Crippen LogP contribution is 2.68. The van der Waals surface area contributed by atoms with E-state index >= 15 is 0 Å². The fraction of sp³-hybridized carbons (Fsp3) is 0.926. The van der Waals surface area contributed by atoms with Crippen LogP contribution in [0, 0.1) is 28.6 Å². The molecule has 3 unspecified atom stereocenters. The molecule has 5 aliphatic rings. The summed E-state index contributed by atoms with van der Waals surface area (Å²) in [7, 11) is -1.71. The lowest BCUT2D eigenvalue weighted by molar-refractivity contribution is -0.242. The van der Waals surface area contributed by atoms with Crippen LogP contribution in [0.4, 0.5) is 0 Å². The van der Waals surface area contributed by atoms with Gasteiger partial charge in [-0.3, -0.25) is 0 Å². The number of allylic oxidation sites excluding steroid dienone is 1. The Morgan fingerprint density at radius 2 is 1.65 bits per heavy atom. The zero-order valence-corrected chi connectivity index (χ0v) is 22.2. The first-order valence-electron chi connectivity index (χ1n) is 13.1. The maximum absolute atomic E-state index is 6.89. The van der Waals surface area contributed by atoms with Crippen LogP contribution >= 0.6 is 0 Å². The number of rotatable bonds is 2. The maximum Gasteiger partial charge on any atom is 0.192 e. The Morgan fingerprint density at radius 3 is 2.32 bits per heavy atom. The molecule has 176 valence electrons. The van der Waals surface area contributed by atoms with Gasteiger partial charge in [0.25, 0.3) is 0 Å². The van der Waals surface area contributed by atoms with Gasteiger partial charge in [0.2, 0.25) is 0 Å². The minimum atomic E-state index is -1.71. The van der Waals surface area contributed by atoms with Crippen molar-refractivity contribution in [3.63, 3.8) is 0 Å². The van der Waals surface area contributed by atoms with Crippen molar-refractivity contribution in [2.24, 2.45) is 28.6 Å². The fourth-order valence-corrected chi connectivity index (χ4v) is 9.60. The van der Waals surface area contributed by atoms with E-state index in [2.05, 4.69) is 53.8 Å². The molecule has 0 bridgehead atoms. The third-order valence-electron chi connectivity index (χ3n) is 11.1. The van der Waals surface area contributed by atoms with Gasteiger partial charge in [0, 0.05) is 17.9 Å². The van der Waals surface area contributed by atoms with E-state index < -0.39 is 8.32 Å². The van der Waals surface area contributed by atoms with Crippen LogP contribution in [-0.4, -0.2) is 33.4 Å². The standard InChI is InChI=1S/C27H46O3Si/c1-24(2,3)31(6,7)30-20-10-13-25(4)19(18-20)8-9-21-22(25)11-14-26(5)23(21)12-15-27(26)28-16-17-29-27/h8,20-23H,9-18H2,1-7H3/t20-,21?,22?,23?,25-,26-/m0/s1. The van der Waals surface area contributed by atoms with Crippen LogP contribution in [0.5, 0.6) is 0 Å². The molecule has 5 rings (SSSR count). The van der Waals surface area contributed by atoms with Gasteiger partial charge in [0.15, 0.2) is 14.1 Å². The van der Waals surface area contributed by atoms with Crippen LogP contribution in [0.1, 0.15) is 86.0 Å². The molecule has 0 aromatic carbocycles. The molecular formula is C27H46O3Si. The molecule has 0 aromatic rings. The minimum absolute atomic E-state index is 0.203. The number of fused-ring (bicyclic) bond motifs is 6. The van der Waals surface area contributed by atoms with Crippen LogP contribution in [0.2, 0.25) is 18.1 Å². The SMILES string of the molecule is CC(C)(C)[Si](C)(C)O[C@H]1CC[C@@]2(C)C(=CCC3C2CC[C@@]2(C)C3CCC23OCCO3)C1. The van der Waals surface area contributed by atoms with E-state index in [1.807, 2.05) is 0 Å². The Balaban J connectivity index is 1.35. The molecular weight excluding hydrogens is 400 g/mol. The molecule has 4 heteroatoms. The molecule has 0 aromatic heterocycles. The molecule has 3 nitrogen and oxygen atoms in total. The number of hydrogen-bond acceptors (Lipinski definition) is 3. The minimum Gasteiger partial charge on any atom is -0.414 e. The second-order valence-corrected chi connectivity index (χ2v) is 18.2. The van der Waals surface area contributed by atoms with Gasteiger partial charge in [-0.2, -0.15) is 0 Å². The third-order valence-corrected chi connectivity index (χ3v) is 15.7. The molecule has 0 amide bonds. The lowest BCUT2D eigenvalue weighted by Crippen LogP contribution is -2.55. The maximum atomic E-state index is 6.89. The van der Waals surface area contributed by atoms with E-state index in [-0.39, 0.29) is 16.2 Å². The van der Waals surface area contributed by atoms with E-state index in [0.29, 0.717) is 11.5 Å². The first-order chi connectivity index (χ1) is 14.4. The average molecular weight is 447 g/mol. The van der Waals surface area contributed by atoms with Crippen molar-refractivity contribution in [1.29, 1.82) is 0 Å². The van der Waals surface area contributed by atoms with Crippen LogP contribution in [-0.2, 0) is 13.9 Å². The second-order valence-electron chi connectivity index (χ2n) is 13.4. The Labute approximate surface area is 191 Å².